The van der Waals surface area contributed by atoms with Gasteiger partial charge in [0.1, 0.15) is 0 Å². The van der Waals surface area contributed by atoms with Crippen molar-refractivity contribution in [2.24, 2.45) is 0 Å². The van der Waals surface area contributed by atoms with Gasteiger partial charge in [-0.25, -0.2) is 0 Å². The lowest BCUT2D eigenvalue weighted by molar-refractivity contribution is 0.412. The zero-order valence-electron chi connectivity index (χ0n) is 14.9. The molecule has 0 unspecified atom stereocenters. The number of hydrogen-bond donors (Lipinski definition) is 1. The van der Waals surface area contributed by atoms with Crippen LogP contribution in [0.2, 0.25) is 0 Å². The summed E-state index contributed by atoms with van der Waals surface area (Å²) in [5, 5.41) is 3.79. The second-order valence-electron chi connectivity index (χ2n) is 7.26. The average molecular weight is 317 g/mol. The van der Waals surface area contributed by atoms with Crippen LogP contribution in [-0.2, 0) is 6.54 Å². The van der Waals surface area contributed by atoms with Crippen LogP contribution in [-0.4, -0.2) is 11.0 Å². The summed E-state index contributed by atoms with van der Waals surface area (Å²) in [7, 11) is 0. The minimum absolute atomic E-state index is 0.695. The van der Waals surface area contributed by atoms with Gasteiger partial charge in [0, 0.05) is 25.0 Å². The molecule has 0 spiro atoms. The van der Waals surface area contributed by atoms with Crippen LogP contribution in [0, 0.1) is 0 Å². The summed E-state index contributed by atoms with van der Waals surface area (Å²) in [6.45, 7) is 0.971. The summed E-state index contributed by atoms with van der Waals surface area (Å²) in [6, 6.07) is 4.90. The van der Waals surface area contributed by atoms with Crippen molar-refractivity contribution >= 4 is 0 Å². The lowest BCUT2D eigenvalue weighted by Crippen LogP contribution is -2.28. The molecule has 0 aromatic carbocycles. The molecule has 2 nitrogen and oxygen atoms in total. The highest BCUT2D eigenvalue weighted by Gasteiger charge is 2.08. The van der Waals surface area contributed by atoms with Gasteiger partial charge < -0.3 is 5.32 Å². The van der Waals surface area contributed by atoms with Gasteiger partial charge in [0.05, 0.1) is 0 Å². The monoisotopic (exact) mass is 316 g/mol. The molecule has 1 aromatic heterocycles. The topological polar surface area (TPSA) is 24.9 Å². The second-order valence-corrected chi connectivity index (χ2v) is 7.26. The van der Waals surface area contributed by atoms with E-state index in [0.29, 0.717) is 6.04 Å². The van der Waals surface area contributed by atoms with E-state index < -0.39 is 0 Å². The van der Waals surface area contributed by atoms with Crippen molar-refractivity contribution in [2.45, 2.75) is 102 Å². The first kappa shape index (κ1) is 18.4. The largest absolute Gasteiger partial charge is 0.310 e. The number of rotatable bonds is 3. The average Bonchev–Trinajstić information content (AvgIpc) is 2.60. The Bertz CT molecular complexity index is 361. The molecule has 1 heterocycles. The van der Waals surface area contributed by atoms with Gasteiger partial charge in [0.2, 0.25) is 0 Å². The van der Waals surface area contributed by atoms with E-state index in [-0.39, 0.29) is 0 Å². The van der Waals surface area contributed by atoms with Gasteiger partial charge in [0.25, 0.3) is 0 Å². The molecule has 2 heteroatoms. The fourth-order valence-electron chi connectivity index (χ4n) is 3.66. The Morgan fingerprint density at radius 2 is 1.30 bits per heavy atom. The molecule has 1 aromatic rings. The van der Waals surface area contributed by atoms with E-state index >= 15 is 0 Å². The molecule has 0 amide bonds. The minimum atomic E-state index is 0.695. The summed E-state index contributed by atoms with van der Waals surface area (Å²) in [5.74, 6) is 0. The Morgan fingerprint density at radius 3 is 1.78 bits per heavy atom. The van der Waals surface area contributed by atoms with Gasteiger partial charge in [-0.2, -0.15) is 0 Å². The number of nitrogens with one attached hydrogen (secondary N) is 1. The zero-order valence-corrected chi connectivity index (χ0v) is 14.9. The predicted octanol–water partition coefficient (Wildman–Crippen LogP) is 6.01. The van der Waals surface area contributed by atoms with E-state index in [9.17, 15) is 0 Å². The molecule has 0 radical (unpaired) electrons. The van der Waals surface area contributed by atoms with Crippen LogP contribution >= 0.6 is 0 Å². The van der Waals surface area contributed by atoms with Crippen molar-refractivity contribution < 1.29 is 0 Å². The molecule has 0 saturated heterocycles. The Kier molecular flexibility index (Phi) is 10.0. The molecule has 1 aliphatic carbocycles. The number of aromatic nitrogens is 1. The van der Waals surface area contributed by atoms with Crippen molar-refractivity contribution in [3.05, 3.63) is 30.1 Å². The van der Waals surface area contributed by atoms with Crippen LogP contribution in [0.4, 0.5) is 0 Å². The Balaban J connectivity index is 1.72. The predicted molar refractivity (Wildman–Crippen MR) is 99.5 cm³/mol. The van der Waals surface area contributed by atoms with E-state index in [1.807, 2.05) is 18.5 Å². The van der Waals surface area contributed by atoms with Gasteiger partial charge in [-0.05, 0) is 24.5 Å². The highest BCUT2D eigenvalue weighted by atomic mass is 14.9. The first-order valence-corrected chi connectivity index (χ1v) is 10.1. The van der Waals surface area contributed by atoms with Crippen LogP contribution in [0.3, 0.4) is 0 Å². The van der Waals surface area contributed by atoms with Crippen molar-refractivity contribution in [2.75, 3.05) is 0 Å². The maximum absolute atomic E-state index is 4.22. The Labute approximate surface area is 143 Å². The zero-order chi connectivity index (χ0) is 16.0. The summed E-state index contributed by atoms with van der Waals surface area (Å²) in [4.78, 5) is 4.22. The molecule has 2 rings (SSSR count). The highest BCUT2D eigenvalue weighted by molar-refractivity contribution is 5.07. The summed E-state index contributed by atoms with van der Waals surface area (Å²) < 4.78 is 0. The van der Waals surface area contributed by atoms with E-state index in [0.717, 1.165) is 6.54 Å². The van der Waals surface area contributed by atoms with Gasteiger partial charge >= 0.3 is 0 Å². The molecule has 23 heavy (non-hydrogen) atoms. The molecular formula is C21H36N2. The maximum atomic E-state index is 4.22. The van der Waals surface area contributed by atoms with Crippen molar-refractivity contribution in [1.82, 2.24) is 10.3 Å². The van der Waals surface area contributed by atoms with Crippen molar-refractivity contribution in [3.63, 3.8) is 0 Å². The van der Waals surface area contributed by atoms with Gasteiger partial charge in [-0.1, -0.05) is 83.1 Å². The highest BCUT2D eigenvalue weighted by Crippen LogP contribution is 2.17. The van der Waals surface area contributed by atoms with Crippen molar-refractivity contribution in [1.29, 1.82) is 0 Å². The Morgan fingerprint density at radius 1 is 0.783 bits per heavy atom. The number of hydrogen-bond acceptors (Lipinski definition) is 2. The third kappa shape index (κ3) is 9.10. The molecule has 0 bridgehead atoms. The van der Waals surface area contributed by atoms with Gasteiger partial charge in [-0.15, -0.1) is 0 Å². The molecule has 1 saturated carbocycles. The normalized spacial score (nSPS) is 20.5. The molecule has 1 aliphatic rings. The first-order valence-electron chi connectivity index (χ1n) is 10.1. The van der Waals surface area contributed by atoms with E-state index in [2.05, 4.69) is 16.4 Å². The first-order chi connectivity index (χ1) is 11.4. The third-order valence-electron chi connectivity index (χ3n) is 5.17. The van der Waals surface area contributed by atoms with Crippen LogP contribution in [0.1, 0.15) is 95.5 Å². The van der Waals surface area contributed by atoms with E-state index in [4.69, 9.17) is 0 Å². The van der Waals surface area contributed by atoms with Gasteiger partial charge in [-0.3, -0.25) is 4.98 Å². The minimum Gasteiger partial charge on any atom is -0.310 e. The molecule has 130 valence electrons. The molecular weight excluding hydrogens is 280 g/mol. The van der Waals surface area contributed by atoms with E-state index in [1.165, 1.54) is 95.5 Å². The maximum Gasteiger partial charge on any atom is 0.0312 e. The van der Waals surface area contributed by atoms with Crippen LogP contribution in [0.5, 0.6) is 0 Å². The standard InChI is InChI=1S/C21H36N2/c1-2-4-6-8-10-12-16-21(15-11-9-7-5-3-1)23-19-20-14-13-17-22-18-20/h13-14,17-18,21,23H,1-12,15-16,19H2. The Hall–Kier alpha value is -0.890. The second kappa shape index (κ2) is 12.5. The van der Waals surface area contributed by atoms with Crippen LogP contribution in [0.25, 0.3) is 0 Å². The summed E-state index contributed by atoms with van der Waals surface area (Å²) in [5.41, 5.74) is 1.31. The van der Waals surface area contributed by atoms with Crippen molar-refractivity contribution in [3.8, 4) is 0 Å². The fraction of sp³-hybridized carbons (Fsp3) is 0.762. The quantitative estimate of drug-likeness (QED) is 0.738. The molecule has 0 atom stereocenters. The number of nitrogens with zero attached hydrogens (tertiary/aromatic N) is 1. The third-order valence-corrected chi connectivity index (χ3v) is 5.17. The SMILES string of the molecule is c1cncc(CNC2CCCCCCCCCCCCCC2)c1. The molecule has 1 N–H and O–H groups in total. The summed E-state index contributed by atoms with van der Waals surface area (Å²) in [6.07, 6.45) is 23.8. The molecule has 1 fully saturated rings. The number of pyridine rings is 1. The lowest BCUT2D eigenvalue weighted by atomic mass is 10.0. The molecule has 0 aliphatic heterocycles. The fourth-order valence-corrected chi connectivity index (χ4v) is 3.66. The smallest absolute Gasteiger partial charge is 0.0312 e. The lowest BCUT2D eigenvalue weighted by Gasteiger charge is -2.19. The van der Waals surface area contributed by atoms with Crippen LogP contribution in [0.15, 0.2) is 24.5 Å². The van der Waals surface area contributed by atoms with E-state index in [1.54, 1.807) is 0 Å². The summed E-state index contributed by atoms with van der Waals surface area (Å²) >= 11 is 0. The van der Waals surface area contributed by atoms with Gasteiger partial charge in [0.15, 0.2) is 0 Å². The van der Waals surface area contributed by atoms with Crippen LogP contribution < -0.4 is 5.32 Å².